The average Bonchev–Trinajstić information content (AvgIpc) is 2.26. The minimum atomic E-state index is -0.0886. The Balaban J connectivity index is 3.32. The molecule has 4 nitrogen and oxygen atoms in total. The lowest BCUT2D eigenvalue weighted by atomic mass is 10.2. The van der Waals surface area contributed by atoms with Crippen molar-refractivity contribution >= 4 is 23.2 Å². The zero-order chi connectivity index (χ0) is 13.1. The molecular weight excluding hydrogens is 236 g/mol. The zero-order valence-corrected chi connectivity index (χ0v) is 11.7. The van der Waals surface area contributed by atoms with Crippen LogP contribution in [0.2, 0.25) is 0 Å². The first-order valence-corrected chi connectivity index (χ1v) is 6.59. The van der Waals surface area contributed by atoms with Crippen molar-refractivity contribution in [1.82, 2.24) is 4.90 Å². The Labute approximate surface area is 109 Å². The van der Waals surface area contributed by atoms with Crippen LogP contribution >= 0.6 is 12.2 Å². The van der Waals surface area contributed by atoms with E-state index in [1.807, 2.05) is 6.92 Å². The van der Waals surface area contributed by atoms with Gasteiger partial charge in [-0.1, -0.05) is 18.6 Å². The fraction of sp³-hybridized carbons (Fsp3) is 0.833. The topological polar surface area (TPSA) is 55.6 Å². The fourth-order valence-electron chi connectivity index (χ4n) is 1.47. The molecule has 0 radical (unpaired) electrons. The number of esters is 1. The van der Waals surface area contributed by atoms with E-state index in [1.165, 1.54) is 0 Å². The highest BCUT2D eigenvalue weighted by molar-refractivity contribution is 7.80. The molecule has 0 fully saturated rings. The summed E-state index contributed by atoms with van der Waals surface area (Å²) in [7, 11) is 2.06. The fourth-order valence-corrected chi connectivity index (χ4v) is 1.57. The predicted molar refractivity (Wildman–Crippen MR) is 74.0 cm³/mol. The standard InChI is InChI=1S/C12H24N2O2S/c1-3-16-12(15)7-5-4-6-9-14(2)10-8-11(13)17/h3-10H2,1-2H3,(H2,13,17). The smallest absolute Gasteiger partial charge is 0.305 e. The molecule has 0 aromatic rings. The summed E-state index contributed by atoms with van der Waals surface area (Å²) >= 11 is 4.82. The third-order valence-corrected chi connectivity index (χ3v) is 2.67. The number of thiocarbonyl (C=S) groups is 1. The Morgan fingerprint density at radius 2 is 1.94 bits per heavy atom. The van der Waals surface area contributed by atoms with Gasteiger partial charge in [-0.25, -0.2) is 0 Å². The lowest BCUT2D eigenvalue weighted by Crippen LogP contribution is -2.24. The van der Waals surface area contributed by atoms with E-state index in [2.05, 4.69) is 11.9 Å². The molecule has 0 rings (SSSR count). The number of unbranched alkanes of at least 4 members (excludes halogenated alkanes) is 2. The van der Waals surface area contributed by atoms with Crippen molar-refractivity contribution in [3.63, 3.8) is 0 Å². The second kappa shape index (κ2) is 10.5. The number of hydrogen-bond donors (Lipinski definition) is 1. The number of carbonyl (C=O) groups excluding carboxylic acids is 1. The van der Waals surface area contributed by atoms with Crippen molar-refractivity contribution in [2.45, 2.75) is 39.0 Å². The van der Waals surface area contributed by atoms with E-state index in [0.29, 0.717) is 18.0 Å². The maximum atomic E-state index is 11.1. The van der Waals surface area contributed by atoms with Gasteiger partial charge in [0.1, 0.15) is 0 Å². The van der Waals surface area contributed by atoms with Crippen molar-refractivity contribution in [2.75, 3.05) is 26.7 Å². The minimum Gasteiger partial charge on any atom is -0.466 e. The number of carbonyl (C=O) groups is 1. The van der Waals surface area contributed by atoms with Gasteiger partial charge in [-0.3, -0.25) is 4.79 Å². The van der Waals surface area contributed by atoms with E-state index in [4.69, 9.17) is 22.7 Å². The predicted octanol–water partition coefficient (Wildman–Crippen LogP) is 1.72. The van der Waals surface area contributed by atoms with Crippen LogP contribution < -0.4 is 5.73 Å². The molecule has 0 saturated heterocycles. The molecular formula is C12H24N2O2S. The second-order valence-electron chi connectivity index (χ2n) is 4.14. The maximum Gasteiger partial charge on any atom is 0.305 e. The monoisotopic (exact) mass is 260 g/mol. The Kier molecular flexibility index (Phi) is 10.1. The first-order chi connectivity index (χ1) is 8.06. The van der Waals surface area contributed by atoms with Gasteiger partial charge in [0.25, 0.3) is 0 Å². The van der Waals surface area contributed by atoms with Crippen LogP contribution in [0.25, 0.3) is 0 Å². The third kappa shape index (κ3) is 11.6. The van der Waals surface area contributed by atoms with Gasteiger partial charge in [0.05, 0.1) is 11.6 Å². The van der Waals surface area contributed by atoms with E-state index in [-0.39, 0.29) is 5.97 Å². The van der Waals surface area contributed by atoms with Gasteiger partial charge in [0, 0.05) is 19.4 Å². The minimum absolute atomic E-state index is 0.0886. The molecule has 2 N–H and O–H groups in total. The van der Waals surface area contributed by atoms with E-state index >= 15 is 0 Å². The third-order valence-electron chi connectivity index (χ3n) is 2.47. The van der Waals surface area contributed by atoms with Gasteiger partial charge in [-0.05, 0) is 33.4 Å². The van der Waals surface area contributed by atoms with Crippen LogP contribution in [0.3, 0.4) is 0 Å². The highest BCUT2D eigenvalue weighted by Crippen LogP contribution is 2.02. The molecule has 0 amide bonds. The first kappa shape index (κ1) is 16.3. The molecule has 0 aliphatic heterocycles. The van der Waals surface area contributed by atoms with Crippen molar-refractivity contribution in [3.05, 3.63) is 0 Å². The molecule has 0 heterocycles. The van der Waals surface area contributed by atoms with E-state index in [1.54, 1.807) is 0 Å². The summed E-state index contributed by atoms with van der Waals surface area (Å²) in [6.45, 7) is 4.23. The average molecular weight is 260 g/mol. The summed E-state index contributed by atoms with van der Waals surface area (Å²) in [6, 6.07) is 0. The molecule has 100 valence electrons. The van der Waals surface area contributed by atoms with Gasteiger partial charge < -0.3 is 15.4 Å². The van der Waals surface area contributed by atoms with Crippen LogP contribution in [0.5, 0.6) is 0 Å². The van der Waals surface area contributed by atoms with Crippen LogP contribution in [0.15, 0.2) is 0 Å². The second-order valence-corrected chi connectivity index (χ2v) is 4.66. The summed E-state index contributed by atoms with van der Waals surface area (Å²) < 4.78 is 4.86. The van der Waals surface area contributed by atoms with Crippen molar-refractivity contribution in [1.29, 1.82) is 0 Å². The van der Waals surface area contributed by atoms with Crippen LogP contribution in [0.1, 0.15) is 39.0 Å². The molecule has 0 aromatic carbocycles. The summed E-state index contributed by atoms with van der Waals surface area (Å²) in [4.78, 5) is 13.8. The highest BCUT2D eigenvalue weighted by Gasteiger charge is 2.02. The molecule has 0 aliphatic rings. The lowest BCUT2D eigenvalue weighted by molar-refractivity contribution is -0.143. The quantitative estimate of drug-likeness (QED) is 0.368. The van der Waals surface area contributed by atoms with Gasteiger partial charge in [0.15, 0.2) is 0 Å². The highest BCUT2D eigenvalue weighted by atomic mass is 32.1. The molecule has 0 aliphatic carbocycles. The van der Waals surface area contributed by atoms with Gasteiger partial charge >= 0.3 is 5.97 Å². The van der Waals surface area contributed by atoms with Gasteiger partial charge in [-0.15, -0.1) is 0 Å². The largest absolute Gasteiger partial charge is 0.466 e. The maximum absolute atomic E-state index is 11.1. The SMILES string of the molecule is CCOC(=O)CCCCCN(C)CCC(N)=S. The molecule has 17 heavy (non-hydrogen) atoms. The van der Waals surface area contributed by atoms with Crippen LogP contribution in [0.4, 0.5) is 0 Å². The number of rotatable bonds is 10. The van der Waals surface area contributed by atoms with Crippen LogP contribution in [-0.4, -0.2) is 42.6 Å². The first-order valence-electron chi connectivity index (χ1n) is 6.18. The molecule has 0 saturated carbocycles. The Morgan fingerprint density at radius 3 is 2.53 bits per heavy atom. The number of hydrogen-bond acceptors (Lipinski definition) is 4. The molecule has 0 unspecified atom stereocenters. The zero-order valence-electron chi connectivity index (χ0n) is 10.9. The lowest BCUT2D eigenvalue weighted by Gasteiger charge is -2.15. The Morgan fingerprint density at radius 1 is 1.24 bits per heavy atom. The van der Waals surface area contributed by atoms with Gasteiger partial charge in [-0.2, -0.15) is 0 Å². The van der Waals surface area contributed by atoms with E-state index in [0.717, 1.165) is 38.8 Å². The molecule has 0 bridgehead atoms. The summed E-state index contributed by atoms with van der Waals surface area (Å²) in [6.07, 6.45) is 4.35. The van der Waals surface area contributed by atoms with E-state index < -0.39 is 0 Å². The summed E-state index contributed by atoms with van der Waals surface area (Å²) in [5.74, 6) is -0.0886. The van der Waals surface area contributed by atoms with E-state index in [9.17, 15) is 4.79 Å². The van der Waals surface area contributed by atoms with Gasteiger partial charge in [0.2, 0.25) is 0 Å². The summed E-state index contributed by atoms with van der Waals surface area (Å²) in [5, 5.41) is 0. The van der Waals surface area contributed by atoms with Crippen LogP contribution in [0, 0.1) is 0 Å². The molecule has 0 atom stereocenters. The normalized spacial score (nSPS) is 10.5. The Hall–Kier alpha value is -0.680. The van der Waals surface area contributed by atoms with Crippen molar-refractivity contribution in [3.8, 4) is 0 Å². The van der Waals surface area contributed by atoms with Crippen molar-refractivity contribution < 1.29 is 9.53 Å². The summed E-state index contributed by atoms with van der Waals surface area (Å²) in [5.41, 5.74) is 5.43. The molecule has 0 aromatic heterocycles. The van der Waals surface area contributed by atoms with Crippen molar-refractivity contribution in [2.24, 2.45) is 5.73 Å². The molecule has 5 heteroatoms. The number of nitrogens with zero attached hydrogens (tertiary/aromatic N) is 1. The Bertz CT molecular complexity index is 235. The molecule has 0 spiro atoms. The number of ether oxygens (including phenoxy) is 1. The number of nitrogens with two attached hydrogens (primary N) is 1. The van der Waals surface area contributed by atoms with Crippen LogP contribution in [-0.2, 0) is 9.53 Å².